The second-order valence-corrected chi connectivity index (χ2v) is 6.51. The van der Waals surface area contributed by atoms with Crippen LogP contribution in [-0.4, -0.2) is 17.3 Å². The van der Waals surface area contributed by atoms with E-state index in [9.17, 15) is 4.79 Å². The lowest BCUT2D eigenvalue weighted by Crippen LogP contribution is -2.37. The predicted octanol–water partition coefficient (Wildman–Crippen LogP) is 4.31. The Kier molecular flexibility index (Phi) is 5.80. The maximum absolute atomic E-state index is 12.3. The van der Waals surface area contributed by atoms with Crippen LogP contribution in [0.15, 0.2) is 42.5 Å². The summed E-state index contributed by atoms with van der Waals surface area (Å²) in [4.78, 5) is 12.3. The van der Waals surface area contributed by atoms with Gasteiger partial charge in [0.05, 0.1) is 6.42 Å². The van der Waals surface area contributed by atoms with Crippen molar-refractivity contribution >= 4 is 32.6 Å². The molecule has 0 aromatic heterocycles. The molecule has 0 spiro atoms. The summed E-state index contributed by atoms with van der Waals surface area (Å²) in [5.74, 6) is 0.668. The number of rotatable bonds is 6. The van der Waals surface area contributed by atoms with E-state index in [0.717, 1.165) is 22.7 Å². The van der Waals surface area contributed by atoms with E-state index in [2.05, 4.69) is 53.3 Å². The van der Waals surface area contributed by atoms with Crippen molar-refractivity contribution in [1.29, 1.82) is 0 Å². The molecule has 0 saturated heterocycles. The van der Waals surface area contributed by atoms with Gasteiger partial charge in [0.2, 0.25) is 5.91 Å². The molecule has 1 unspecified atom stereocenters. The van der Waals surface area contributed by atoms with E-state index in [1.807, 2.05) is 24.3 Å². The normalized spacial score (nSPS) is 12.6. The summed E-state index contributed by atoms with van der Waals surface area (Å²) in [6, 6.07) is 14.5. The highest BCUT2D eigenvalue weighted by Gasteiger charge is 2.14. The van der Waals surface area contributed by atoms with Crippen molar-refractivity contribution < 1.29 is 4.79 Å². The van der Waals surface area contributed by atoms with Crippen molar-refractivity contribution in [2.24, 2.45) is 5.92 Å². The van der Waals surface area contributed by atoms with E-state index in [1.54, 1.807) is 0 Å². The Morgan fingerprint density at radius 2 is 1.86 bits per heavy atom. The van der Waals surface area contributed by atoms with Gasteiger partial charge in [-0.2, -0.15) is 0 Å². The molecule has 0 saturated carbocycles. The van der Waals surface area contributed by atoms with Gasteiger partial charge in [-0.1, -0.05) is 72.2 Å². The summed E-state index contributed by atoms with van der Waals surface area (Å²) in [5, 5.41) is 6.27. The molecule has 0 aliphatic heterocycles. The van der Waals surface area contributed by atoms with E-state index < -0.39 is 0 Å². The first-order valence-electron chi connectivity index (χ1n) is 7.42. The minimum Gasteiger partial charge on any atom is -0.352 e. The number of fused-ring (bicyclic) bond motifs is 1. The van der Waals surface area contributed by atoms with Crippen molar-refractivity contribution in [1.82, 2.24) is 5.32 Å². The van der Waals surface area contributed by atoms with Gasteiger partial charge in [-0.25, -0.2) is 0 Å². The first-order chi connectivity index (χ1) is 10.1. The molecule has 2 aromatic rings. The van der Waals surface area contributed by atoms with Crippen LogP contribution in [0.25, 0.3) is 10.8 Å². The molecule has 0 radical (unpaired) electrons. The van der Waals surface area contributed by atoms with E-state index in [0.29, 0.717) is 12.3 Å². The smallest absolute Gasteiger partial charge is 0.224 e. The Morgan fingerprint density at radius 3 is 2.57 bits per heavy atom. The maximum Gasteiger partial charge on any atom is 0.224 e. The molecule has 1 amide bonds. The maximum atomic E-state index is 12.3. The number of carbonyl (C=O) groups is 1. The standard InChI is InChI=1S/C18H22BrNO/c1-13(2)10-16(12-19)20-18(21)11-15-8-5-7-14-6-3-4-9-17(14)15/h3-9,13,16H,10-12H2,1-2H3,(H,20,21). The van der Waals surface area contributed by atoms with Gasteiger partial charge in [0.1, 0.15) is 0 Å². The summed E-state index contributed by atoms with van der Waals surface area (Å²) >= 11 is 3.48. The van der Waals surface area contributed by atoms with Gasteiger partial charge in [-0.15, -0.1) is 0 Å². The Hall–Kier alpha value is -1.35. The van der Waals surface area contributed by atoms with Gasteiger partial charge < -0.3 is 5.32 Å². The van der Waals surface area contributed by atoms with Gasteiger partial charge in [-0.3, -0.25) is 4.79 Å². The zero-order valence-corrected chi connectivity index (χ0v) is 14.2. The molecule has 3 heteroatoms. The first-order valence-corrected chi connectivity index (χ1v) is 8.54. The molecule has 0 heterocycles. The summed E-state index contributed by atoms with van der Waals surface area (Å²) < 4.78 is 0. The fourth-order valence-electron chi connectivity index (χ4n) is 2.63. The topological polar surface area (TPSA) is 29.1 Å². The van der Waals surface area contributed by atoms with Crippen LogP contribution >= 0.6 is 15.9 Å². The molecule has 112 valence electrons. The molecule has 2 rings (SSSR count). The fourth-order valence-corrected chi connectivity index (χ4v) is 3.05. The van der Waals surface area contributed by atoms with Gasteiger partial charge in [0.15, 0.2) is 0 Å². The molecule has 0 fully saturated rings. The Balaban J connectivity index is 2.07. The third-order valence-electron chi connectivity index (χ3n) is 3.54. The average molecular weight is 348 g/mol. The van der Waals surface area contributed by atoms with Crippen molar-refractivity contribution in [3.05, 3.63) is 48.0 Å². The number of halogens is 1. The zero-order valence-electron chi connectivity index (χ0n) is 12.6. The van der Waals surface area contributed by atoms with E-state index in [1.165, 1.54) is 5.39 Å². The first kappa shape index (κ1) is 16.0. The van der Waals surface area contributed by atoms with E-state index in [4.69, 9.17) is 0 Å². The highest BCUT2D eigenvalue weighted by molar-refractivity contribution is 9.09. The highest BCUT2D eigenvalue weighted by Crippen LogP contribution is 2.19. The molecular formula is C18H22BrNO. The number of nitrogens with one attached hydrogen (secondary N) is 1. The van der Waals surface area contributed by atoms with Crippen LogP contribution in [0, 0.1) is 5.92 Å². The number of carbonyl (C=O) groups excluding carboxylic acids is 1. The van der Waals surface area contributed by atoms with Crippen LogP contribution in [0.4, 0.5) is 0 Å². The lowest BCUT2D eigenvalue weighted by Gasteiger charge is -2.18. The number of benzene rings is 2. The minimum absolute atomic E-state index is 0.0939. The summed E-state index contributed by atoms with van der Waals surface area (Å²) in [6.07, 6.45) is 1.43. The minimum atomic E-state index is 0.0939. The zero-order chi connectivity index (χ0) is 15.2. The number of alkyl halides is 1. The van der Waals surface area contributed by atoms with Gasteiger partial charge in [0, 0.05) is 11.4 Å². The van der Waals surface area contributed by atoms with Crippen LogP contribution in [-0.2, 0) is 11.2 Å². The second kappa shape index (κ2) is 7.60. The van der Waals surface area contributed by atoms with Crippen LogP contribution in [0.1, 0.15) is 25.8 Å². The molecule has 21 heavy (non-hydrogen) atoms. The van der Waals surface area contributed by atoms with Crippen LogP contribution in [0.2, 0.25) is 0 Å². The summed E-state index contributed by atoms with van der Waals surface area (Å²) in [5.41, 5.74) is 1.09. The molecular weight excluding hydrogens is 326 g/mol. The average Bonchev–Trinajstić information content (AvgIpc) is 2.46. The van der Waals surface area contributed by atoms with Crippen LogP contribution in [0.3, 0.4) is 0 Å². The van der Waals surface area contributed by atoms with Gasteiger partial charge in [0.25, 0.3) is 0 Å². The SMILES string of the molecule is CC(C)CC(CBr)NC(=O)Cc1cccc2ccccc12. The largest absolute Gasteiger partial charge is 0.352 e. The van der Waals surface area contributed by atoms with Crippen molar-refractivity contribution in [3.8, 4) is 0 Å². The third kappa shape index (κ3) is 4.57. The van der Waals surface area contributed by atoms with Crippen molar-refractivity contribution in [2.75, 3.05) is 5.33 Å². The van der Waals surface area contributed by atoms with Crippen LogP contribution in [0.5, 0.6) is 0 Å². The van der Waals surface area contributed by atoms with Gasteiger partial charge in [-0.05, 0) is 28.7 Å². The molecule has 1 atom stereocenters. The quantitative estimate of drug-likeness (QED) is 0.775. The van der Waals surface area contributed by atoms with Crippen molar-refractivity contribution in [2.45, 2.75) is 32.7 Å². The lowest BCUT2D eigenvalue weighted by atomic mass is 10.0. The Labute approximate surface area is 135 Å². The Morgan fingerprint density at radius 1 is 1.14 bits per heavy atom. The molecule has 2 aromatic carbocycles. The third-order valence-corrected chi connectivity index (χ3v) is 4.32. The predicted molar refractivity (Wildman–Crippen MR) is 92.8 cm³/mol. The van der Waals surface area contributed by atoms with E-state index >= 15 is 0 Å². The van der Waals surface area contributed by atoms with Gasteiger partial charge >= 0.3 is 0 Å². The molecule has 1 N–H and O–H groups in total. The summed E-state index contributed by atoms with van der Waals surface area (Å²) in [6.45, 7) is 4.35. The number of hydrogen-bond acceptors (Lipinski definition) is 1. The molecule has 0 aliphatic rings. The number of hydrogen-bond donors (Lipinski definition) is 1. The molecule has 0 aliphatic carbocycles. The van der Waals surface area contributed by atoms with Crippen molar-refractivity contribution in [3.63, 3.8) is 0 Å². The van der Waals surface area contributed by atoms with E-state index in [-0.39, 0.29) is 11.9 Å². The van der Waals surface area contributed by atoms with Crippen LogP contribution < -0.4 is 5.32 Å². The molecule has 0 bridgehead atoms. The summed E-state index contributed by atoms with van der Waals surface area (Å²) in [7, 11) is 0. The highest BCUT2D eigenvalue weighted by atomic mass is 79.9. The Bertz CT molecular complexity index is 604. The fraction of sp³-hybridized carbons (Fsp3) is 0.389. The molecule has 2 nitrogen and oxygen atoms in total. The monoisotopic (exact) mass is 347 g/mol. The second-order valence-electron chi connectivity index (χ2n) is 5.86. The lowest BCUT2D eigenvalue weighted by molar-refractivity contribution is -0.121. The number of amides is 1.